The Morgan fingerprint density at radius 3 is 2.39 bits per heavy atom. The van der Waals surface area contributed by atoms with E-state index >= 15 is 0 Å². The number of hydrogen-bond donors (Lipinski definition) is 0. The molecule has 0 aromatic heterocycles. The van der Waals surface area contributed by atoms with Gasteiger partial charge in [0.1, 0.15) is 0 Å². The standard InChI is InChI=1S/C20H17F3N2O3/c1-12-16(9-13-7-8-17(27-2)18(10-13)28-3)19(26)25(24-12)15-6-4-5-14(11-15)20(21,22)23/h4-11H,1-3H3/b16-9-. The second-order valence-corrected chi connectivity index (χ2v) is 6.02. The third kappa shape index (κ3) is 3.71. The van der Waals surface area contributed by atoms with Gasteiger partial charge in [0.05, 0.1) is 36.8 Å². The van der Waals surface area contributed by atoms with Gasteiger partial charge in [0, 0.05) is 0 Å². The number of ether oxygens (including phenoxy) is 2. The van der Waals surface area contributed by atoms with Crippen molar-refractivity contribution in [2.75, 3.05) is 19.2 Å². The number of carbonyl (C=O) groups excluding carboxylic acids is 1. The highest BCUT2D eigenvalue weighted by Gasteiger charge is 2.33. The zero-order valence-corrected chi connectivity index (χ0v) is 15.4. The van der Waals surface area contributed by atoms with Gasteiger partial charge >= 0.3 is 6.18 Å². The van der Waals surface area contributed by atoms with Crippen LogP contribution in [-0.4, -0.2) is 25.8 Å². The van der Waals surface area contributed by atoms with Crippen LogP contribution in [0.4, 0.5) is 18.9 Å². The second-order valence-electron chi connectivity index (χ2n) is 6.02. The molecule has 0 aliphatic carbocycles. The number of nitrogens with zero attached hydrogens (tertiary/aromatic N) is 2. The van der Waals surface area contributed by atoms with E-state index < -0.39 is 17.6 Å². The lowest BCUT2D eigenvalue weighted by atomic mass is 10.1. The molecule has 0 fully saturated rings. The molecule has 2 aromatic rings. The predicted octanol–water partition coefficient (Wildman–Crippen LogP) is 4.53. The number of carbonyl (C=O) groups is 1. The van der Waals surface area contributed by atoms with E-state index in [4.69, 9.17) is 9.47 Å². The molecule has 1 amide bonds. The molecular formula is C20H17F3N2O3. The summed E-state index contributed by atoms with van der Waals surface area (Å²) < 4.78 is 49.3. The lowest BCUT2D eigenvalue weighted by Crippen LogP contribution is -2.21. The molecule has 0 atom stereocenters. The van der Waals surface area contributed by atoms with Crippen LogP contribution in [-0.2, 0) is 11.0 Å². The molecule has 0 N–H and O–H groups in total. The summed E-state index contributed by atoms with van der Waals surface area (Å²) in [5.74, 6) is 0.525. The van der Waals surface area contributed by atoms with Crippen LogP contribution in [0.2, 0.25) is 0 Å². The predicted molar refractivity (Wildman–Crippen MR) is 99.6 cm³/mol. The lowest BCUT2D eigenvalue weighted by molar-refractivity contribution is -0.137. The summed E-state index contributed by atoms with van der Waals surface area (Å²) in [5.41, 5.74) is 0.557. The monoisotopic (exact) mass is 390 g/mol. The van der Waals surface area contributed by atoms with E-state index in [1.165, 1.54) is 26.4 Å². The highest BCUT2D eigenvalue weighted by molar-refractivity contribution is 6.32. The number of amides is 1. The second kappa shape index (κ2) is 7.38. The van der Waals surface area contributed by atoms with Gasteiger partial charge in [-0.15, -0.1) is 0 Å². The average Bonchev–Trinajstić information content (AvgIpc) is 2.95. The van der Waals surface area contributed by atoms with Crippen LogP contribution < -0.4 is 14.5 Å². The lowest BCUT2D eigenvalue weighted by Gasteiger charge is -2.14. The Hall–Kier alpha value is -3.29. The first-order chi connectivity index (χ1) is 13.2. The Morgan fingerprint density at radius 1 is 1.04 bits per heavy atom. The number of halogens is 3. The summed E-state index contributed by atoms with van der Waals surface area (Å²) >= 11 is 0. The van der Waals surface area contributed by atoms with E-state index in [1.54, 1.807) is 31.2 Å². The molecule has 8 heteroatoms. The van der Waals surface area contributed by atoms with Crippen LogP contribution in [0, 0.1) is 0 Å². The normalized spacial score (nSPS) is 15.8. The summed E-state index contributed by atoms with van der Waals surface area (Å²) in [5, 5.41) is 5.10. The summed E-state index contributed by atoms with van der Waals surface area (Å²) in [6.45, 7) is 1.62. The molecule has 0 spiro atoms. The van der Waals surface area contributed by atoms with Crippen LogP contribution in [0.3, 0.4) is 0 Å². The van der Waals surface area contributed by atoms with Crippen LogP contribution in [0.5, 0.6) is 11.5 Å². The number of benzene rings is 2. The molecule has 28 heavy (non-hydrogen) atoms. The van der Waals surface area contributed by atoms with E-state index in [1.807, 2.05) is 0 Å². The molecule has 0 saturated heterocycles. The third-order valence-electron chi connectivity index (χ3n) is 4.20. The quantitative estimate of drug-likeness (QED) is 0.721. The van der Waals surface area contributed by atoms with Crippen LogP contribution >= 0.6 is 0 Å². The molecule has 0 saturated carbocycles. The minimum atomic E-state index is -4.50. The number of methoxy groups -OCH3 is 2. The van der Waals surface area contributed by atoms with E-state index in [0.29, 0.717) is 22.8 Å². The van der Waals surface area contributed by atoms with E-state index in [2.05, 4.69) is 5.10 Å². The van der Waals surface area contributed by atoms with Gasteiger partial charge in [-0.25, -0.2) is 0 Å². The fourth-order valence-electron chi connectivity index (χ4n) is 2.78. The molecule has 1 aliphatic heterocycles. The number of rotatable bonds is 4. The van der Waals surface area contributed by atoms with E-state index in [-0.39, 0.29) is 11.3 Å². The molecule has 5 nitrogen and oxygen atoms in total. The average molecular weight is 390 g/mol. The molecule has 0 radical (unpaired) electrons. The summed E-state index contributed by atoms with van der Waals surface area (Å²) in [7, 11) is 3.01. The molecule has 146 valence electrons. The molecular weight excluding hydrogens is 373 g/mol. The van der Waals surface area contributed by atoms with Crippen molar-refractivity contribution >= 4 is 23.4 Å². The third-order valence-corrected chi connectivity index (χ3v) is 4.20. The Balaban J connectivity index is 1.94. The Morgan fingerprint density at radius 2 is 1.75 bits per heavy atom. The van der Waals surface area contributed by atoms with Crippen molar-refractivity contribution in [2.24, 2.45) is 5.10 Å². The van der Waals surface area contributed by atoms with Gasteiger partial charge in [0.15, 0.2) is 11.5 Å². The molecule has 0 unspecified atom stereocenters. The highest BCUT2D eigenvalue weighted by Crippen LogP contribution is 2.34. The number of alkyl halides is 3. The van der Waals surface area contributed by atoms with Crippen molar-refractivity contribution in [3.63, 3.8) is 0 Å². The van der Waals surface area contributed by atoms with Crippen molar-refractivity contribution < 1.29 is 27.4 Å². The van der Waals surface area contributed by atoms with Crippen molar-refractivity contribution in [3.05, 3.63) is 59.2 Å². The van der Waals surface area contributed by atoms with Crippen molar-refractivity contribution in [1.82, 2.24) is 0 Å². The summed E-state index contributed by atoms with van der Waals surface area (Å²) in [4.78, 5) is 12.8. The van der Waals surface area contributed by atoms with Gasteiger partial charge in [-0.05, 0) is 48.9 Å². The molecule has 1 aliphatic rings. The Labute approximate surface area is 159 Å². The number of hydrogen-bond acceptors (Lipinski definition) is 4. The summed E-state index contributed by atoms with van der Waals surface area (Å²) in [6.07, 6.45) is -2.90. The van der Waals surface area contributed by atoms with Gasteiger partial charge in [-0.1, -0.05) is 12.1 Å². The zero-order chi connectivity index (χ0) is 20.5. The molecule has 2 aromatic carbocycles. The maximum Gasteiger partial charge on any atom is 0.416 e. The fraction of sp³-hybridized carbons (Fsp3) is 0.200. The minimum Gasteiger partial charge on any atom is -0.493 e. The largest absolute Gasteiger partial charge is 0.493 e. The van der Waals surface area contributed by atoms with Gasteiger partial charge in [0.2, 0.25) is 0 Å². The SMILES string of the molecule is COc1ccc(/C=C2\C(=O)N(c3cccc(C(F)(F)F)c3)N=C2C)cc1OC. The first-order valence-corrected chi connectivity index (χ1v) is 8.25. The Bertz CT molecular complexity index is 981. The highest BCUT2D eigenvalue weighted by atomic mass is 19.4. The van der Waals surface area contributed by atoms with Crippen LogP contribution in [0.15, 0.2) is 53.1 Å². The maximum atomic E-state index is 13.0. The zero-order valence-electron chi connectivity index (χ0n) is 15.4. The molecule has 3 rings (SSSR count). The Kier molecular flexibility index (Phi) is 5.13. The molecule has 1 heterocycles. The number of hydrazone groups is 1. The van der Waals surface area contributed by atoms with Crippen molar-refractivity contribution in [1.29, 1.82) is 0 Å². The minimum absolute atomic E-state index is 0.0508. The van der Waals surface area contributed by atoms with E-state index in [9.17, 15) is 18.0 Å². The van der Waals surface area contributed by atoms with Gasteiger partial charge in [0.25, 0.3) is 5.91 Å². The van der Waals surface area contributed by atoms with Crippen molar-refractivity contribution in [3.8, 4) is 11.5 Å². The maximum absolute atomic E-state index is 13.0. The number of anilines is 1. The van der Waals surface area contributed by atoms with Gasteiger partial charge < -0.3 is 9.47 Å². The van der Waals surface area contributed by atoms with Crippen molar-refractivity contribution in [2.45, 2.75) is 13.1 Å². The van der Waals surface area contributed by atoms with Crippen LogP contribution in [0.25, 0.3) is 6.08 Å². The summed E-state index contributed by atoms with van der Waals surface area (Å²) in [6, 6.07) is 9.62. The fourth-order valence-corrected chi connectivity index (χ4v) is 2.78. The first-order valence-electron chi connectivity index (χ1n) is 8.25. The van der Waals surface area contributed by atoms with Gasteiger partial charge in [-0.3, -0.25) is 4.79 Å². The van der Waals surface area contributed by atoms with Gasteiger partial charge in [-0.2, -0.15) is 23.3 Å². The molecule has 0 bridgehead atoms. The van der Waals surface area contributed by atoms with Crippen LogP contribution in [0.1, 0.15) is 18.1 Å². The smallest absolute Gasteiger partial charge is 0.416 e. The topological polar surface area (TPSA) is 51.1 Å². The van der Waals surface area contributed by atoms with E-state index in [0.717, 1.165) is 17.1 Å². The first kappa shape index (κ1) is 19.5.